The molecule has 0 aliphatic heterocycles. The number of rotatable bonds is 8. The van der Waals surface area contributed by atoms with Crippen molar-refractivity contribution in [1.82, 2.24) is 4.72 Å². The van der Waals surface area contributed by atoms with Gasteiger partial charge in [-0.05, 0) is 42.8 Å². The van der Waals surface area contributed by atoms with Crippen LogP contribution in [0.2, 0.25) is 0 Å². The van der Waals surface area contributed by atoms with Crippen molar-refractivity contribution >= 4 is 33.1 Å². The number of hydrogen-bond donors (Lipinski definition) is 1. The molecule has 0 saturated carbocycles. The number of ketones is 1. The lowest BCUT2D eigenvalue weighted by atomic mass is 10.2. The summed E-state index contributed by atoms with van der Waals surface area (Å²) in [6.45, 7) is 1.61. The number of thiophene rings is 1. The summed E-state index contributed by atoms with van der Waals surface area (Å²) >= 11 is 1.32. The van der Waals surface area contributed by atoms with E-state index in [1.165, 1.54) is 35.6 Å². The highest BCUT2D eigenvalue weighted by Gasteiger charge is 2.18. The highest BCUT2D eigenvalue weighted by molar-refractivity contribution is 7.89. The summed E-state index contributed by atoms with van der Waals surface area (Å²) < 4.78 is 32.6. The van der Waals surface area contributed by atoms with Gasteiger partial charge in [0.25, 0.3) is 0 Å². The molecule has 0 amide bonds. The molecular formula is C21H19NO5S2. The second kappa shape index (κ2) is 9.13. The molecule has 0 aliphatic rings. The largest absolute Gasteiger partial charge is 0.454 e. The molecule has 1 N–H and O–H groups in total. The number of hydrogen-bond acceptors (Lipinski definition) is 6. The van der Waals surface area contributed by atoms with Gasteiger partial charge in [-0.15, -0.1) is 11.3 Å². The third-order valence-electron chi connectivity index (χ3n) is 4.04. The molecular weight excluding hydrogens is 410 g/mol. The Morgan fingerprint density at radius 3 is 2.45 bits per heavy atom. The number of benzene rings is 2. The summed E-state index contributed by atoms with van der Waals surface area (Å²) in [7, 11) is -3.81. The van der Waals surface area contributed by atoms with Gasteiger partial charge in [0.1, 0.15) is 0 Å². The maximum Gasteiger partial charge on any atom is 0.338 e. The van der Waals surface area contributed by atoms with Crippen molar-refractivity contribution in [2.75, 3.05) is 6.61 Å². The molecule has 1 heterocycles. The van der Waals surface area contributed by atoms with Gasteiger partial charge in [-0.2, -0.15) is 0 Å². The first-order valence-corrected chi connectivity index (χ1v) is 11.1. The monoisotopic (exact) mass is 429 g/mol. The number of carbonyl (C=O) groups excluding carboxylic acids is 2. The van der Waals surface area contributed by atoms with Gasteiger partial charge in [0.05, 0.1) is 15.3 Å². The van der Waals surface area contributed by atoms with E-state index in [4.69, 9.17) is 4.74 Å². The topological polar surface area (TPSA) is 89.5 Å². The zero-order valence-corrected chi connectivity index (χ0v) is 17.3. The Kier molecular flexibility index (Phi) is 6.58. The van der Waals surface area contributed by atoms with Crippen LogP contribution in [-0.4, -0.2) is 26.8 Å². The molecule has 0 aliphatic carbocycles. The van der Waals surface area contributed by atoms with Gasteiger partial charge in [-0.1, -0.05) is 36.4 Å². The molecule has 0 atom stereocenters. The van der Waals surface area contributed by atoms with Crippen LogP contribution in [0.5, 0.6) is 0 Å². The third kappa shape index (κ3) is 5.60. The van der Waals surface area contributed by atoms with Crippen molar-refractivity contribution in [3.8, 4) is 0 Å². The minimum Gasteiger partial charge on any atom is -0.454 e. The van der Waals surface area contributed by atoms with Gasteiger partial charge in [0.2, 0.25) is 15.8 Å². The molecule has 2 aromatic carbocycles. The molecule has 0 fully saturated rings. The number of sulfonamides is 1. The fourth-order valence-electron chi connectivity index (χ4n) is 2.52. The summed E-state index contributed by atoms with van der Waals surface area (Å²) in [5.74, 6) is -1.06. The second-order valence-electron chi connectivity index (χ2n) is 6.25. The van der Waals surface area contributed by atoms with E-state index in [0.29, 0.717) is 4.88 Å². The molecule has 6 nitrogen and oxygen atoms in total. The summed E-state index contributed by atoms with van der Waals surface area (Å²) in [6.07, 6.45) is 0. The normalized spacial score (nSPS) is 11.2. The Hall–Kier alpha value is -2.81. The van der Waals surface area contributed by atoms with E-state index in [0.717, 1.165) is 10.4 Å². The number of carbonyl (C=O) groups is 2. The van der Waals surface area contributed by atoms with Crippen LogP contribution in [0.15, 0.2) is 71.6 Å². The lowest BCUT2D eigenvalue weighted by Gasteiger charge is -2.09. The molecule has 0 spiro atoms. The Morgan fingerprint density at radius 1 is 1.00 bits per heavy atom. The standard InChI is InChI=1S/C21H19NO5S2/c1-15-10-11-20(28-15)19(23)14-27-21(24)17-8-5-9-18(12-17)29(25,26)22-13-16-6-3-2-4-7-16/h2-12,22H,13-14H2,1H3. The molecule has 150 valence electrons. The molecule has 8 heteroatoms. The van der Waals surface area contributed by atoms with Crippen LogP contribution < -0.4 is 4.72 Å². The lowest BCUT2D eigenvalue weighted by Crippen LogP contribution is -2.23. The molecule has 0 saturated heterocycles. The van der Waals surface area contributed by atoms with Crippen LogP contribution >= 0.6 is 11.3 Å². The van der Waals surface area contributed by atoms with E-state index in [2.05, 4.69) is 4.72 Å². The Labute approximate surface area is 173 Å². The summed E-state index contributed by atoms with van der Waals surface area (Å²) in [5, 5.41) is 0. The molecule has 3 aromatic rings. The van der Waals surface area contributed by atoms with Crippen molar-refractivity contribution in [2.45, 2.75) is 18.4 Å². The van der Waals surface area contributed by atoms with Crippen molar-refractivity contribution in [3.05, 3.63) is 87.6 Å². The van der Waals surface area contributed by atoms with Crippen molar-refractivity contribution < 1.29 is 22.7 Å². The van der Waals surface area contributed by atoms with Crippen LogP contribution in [0.3, 0.4) is 0 Å². The number of Topliss-reactive ketones (excluding diaryl/α,β-unsaturated/α-hetero) is 1. The van der Waals surface area contributed by atoms with E-state index in [1.807, 2.05) is 43.3 Å². The van der Waals surface area contributed by atoms with Crippen LogP contribution in [-0.2, 0) is 21.3 Å². The van der Waals surface area contributed by atoms with Gasteiger partial charge in [-0.3, -0.25) is 4.79 Å². The molecule has 1 aromatic heterocycles. The molecule has 29 heavy (non-hydrogen) atoms. The highest BCUT2D eigenvalue weighted by atomic mass is 32.2. The Balaban J connectivity index is 1.64. The van der Waals surface area contributed by atoms with E-state index in [-0.39, 0.29) is 22.8 Å². The maximum atomic E-state index is 12.5. The predicted molar refractivity (Wildman–Crippen MR) is 111 cm³/mol. The molecule has 3 rings (SSSR count). The first-order valence-electron chi connectivity index (χ1n) is 8.75. The van der Waals surface area contributed by atoms with Crippen molar-refractivity contribution in [1.29, 1.82) is 0 Å². The fraction of sp³-hybridized carbons (Fsp3) is 0.143. The number of esters is 1. The SMILES string of the molecule is Cc1ccc(C(=O)COC(=O)c2cccc(S(=O)(=O)NCc3ccccc3)c2)s1. The molecule has 0 unspecified atom stereocenters. The average Bonchev–Trinajstić information content (AvgIpc) is 3.17. The fourth-order valence-corrected chi connectivity index (χ4v) is 4.37. The van der Waals surface area contributed by atoms with E-state index >= 15 is 0 Å². The van der Waals surface area contributed by atoms with Crippen LogP contribution in [0, 0.1) is 6.92 Å². The zero-order valence-electron chi connectivity index (χ0n) is 15.6. The van der Waals surface area contributed by atoms with Gasteiger partial charge in [-0.25, -0.2) is 17.9 Å². The minimum atomic E-state index is -3.81. The predicted octanol–water partition coefficient (Wildman–Crippen LogP) is 3.57. The minimum absolute atomic E-state index is 0.0527. The van der Waals surface area contributed by atoms with Crippen molar-refractivity contribution in [3.63, 3.8) is 0 Å². The highest BCUT2D eigenvalue weighted by Crippen LogP contribution is 2.17. The summed E-state index contributed by atoms with van der Waals surface area (Å²) in [6, 6.07) is 18.1. The van der Waals surface area contributed by atoms with Crippen LogP contribution in [0.25, 0.3) is 0 Å². The third-order valence-corrected chi connectivity index (χ3v) is 6.48. The zero-order chi connectivity index (χ0) is 20.9. The lowest BCUT2D eigenvalue weighted by molar-refractivity contribution is 0.0475. The first kappa shape index (κ1) is 20.9. The quantitative estimate of drug-likeness (QED) is 0.437. The average molecular weight is 430 g/mol. The first-order chi connectivity index (χ1) is 13.8. The number of nitrogens with one attached hydrogen (secondary N) is 1. The summed E-state index contributed by atoms with van der Waals surface area (Å²) in [4.78, 5) is 25.8. The van der Waals surface area contributed by atoms with Gasteiger partial charge in [0, 0.05) is 11.4 Å². The number of ether oxygens (including phenoxy) is 1. The van der Waals surface area contributed by atoms with Crippen LogP contribution in [0.1, 0.15) is 30.5 Å². The van der Waals surface area contributed by atoms with Crippen molar-refractivity contribution in [2.24, 2.45) is 0 Å². The Bertz CT molecular complexity index is 1120. The summed E-state index contributed by atoms with van der Waals surface area (Å²) in [5.41, 5.74) is 0.872. The maximum absolute atomic E-state index is 12.5. The molecule has 0 bridgehead atoms. The molecule has 0 radical (unpaired) electrons. The van der Waals surface area contributed by atoms with Gasteiger partial charge >= 0.3 is 5.97 Å². The van der Waals surface area contributed by atoms with E-state index < -0.39 is 22.6 Å². The van der Waals surface area contributed by atoms with Gasteiger partial charge < -0.3 is 4.74 Å². The van der Waals surface area contributed by atoms with Gasteiger partial charge in [0.15, 0.2) is 6.61 Å². The second-order valence-corrected chi connectivity index (χ2v) is 9.30. The Morgan fingerprint density at radius 2 is 1.76 bits per heavy atom. The van der Waals surface area contributed by atoms with E-state index in [9.17, 15) is 18.0 Å². The smallest absolute Gasteiger partial charge is 0.338 e. The number of aryl methyl sites for hydroxylation is 1. The van der Waals surface area contributed by atoms with Crippen LogP contribution in [0.4, 0.5) is 0 Å². The van der Waals surface area contributed by atoms with E-state index in [1.54, 1.807) is 6.07 Å².